The largest absolute Gasteiger partial charge is 0.340 e. The number of hydrogen-bond donors (Lipinski definition) is 1. The van der Waals surface area contributed by atoms with Crippen LogP contribution in [0.15, 0.2) is 90.6 Å². The van der Waals surface area contributed by atoms with E-state index in [4.69, 9.17) is 4.98 Å². The topological polar surface area (TPSA) is 63.6 Å². The second kappa shape index (κ2) is 8.45. The molecule has 150 valence electrons. The van der Waals surface area contributed by atoms with E-state index in [0.717, 1.165) is 50.4 Å². The van der Waals surface area contributed by atoms with E-state index in [1.807, 2.05) is 55.5 Å². The van der Waals surface area contributed by atoms with Crippen molar-refractivity contribution in [1.82, 2.24) is 19.9 Å². The highest BCUT2D eigenvalue weighted by atomic mass is 32.1. The van der Waals surface area contributed by atoms with Crippen molar-refractivity contribution >= 4 is 22.8 Å². The van der Waals surface area contributed by atoms with Gasteiger partial charge in [0.25, 0.3) is 0 Å². The van der Waals surface area contributed by atoms with Gasteiger partial charge in [-0.25, -0.2) is 15.0 Å². The maximum Gasteiger partial charge on any atom is 0.134 e. The summed E-state index contributed by atoms with van der Waals surface area (Å²) in [6.07, 6.45) is 3.57. The molecule has 3 heterocycles. The zero-order chi connectivity index (χ0) is 21.0. The Kier molecular flexibility index (Phi) is 5.21. The predicted molar refractivity (Wildman–Crippen MR) is 126 cm³/mol. The zero-order valence-electron chi connectivity index (χ0n) is 16.9. The molecule has 0 aliphatic heterocycles. The summed E-state index contributed by atoms with van der Waals surface area (Å²) in [5.74, 6) is 1.49. The minimum Gasteiger partial charge on any atom is -0.340 e. The zero-order valence-corrected chi connectivity index (χ0v) is 17.7. The monoisotopic (exact) mass is 421 g/mol. The fourth-order valence-electron chi connectivity index (χ4n) is 3.33. The van der Waals surface area contributed by atoms with Crippen LogP contribution in [0.1, 0.15) is 5.82 Å². The molecule has 0 aliphatic rings. The highest BCUT2D eigenvalue weighted by molar-refractivity contribution is 7.13. The fourth-order valence-corrected chi connectivity index (χ4v) is 4.16. The predicted octanol–water partition coefficient (Wildman–Crippen LogP) is 6.38. The Labute approximate surface area is 184 Å². The smallest absolute Gasteiger partial charge is 0.134 e. The third-order valence-electron chi connectivity index (χ3n) is 4.77. The van der Waals surface area contributed by atoms with E-state index in [2.05, 4.69) is 49.9 Å². The minimum atomic E-state index is 0.724. The lowest BCUT2D eigenvalue weighted by molar-refractivity contribution is 1.06. The van der Waals surface area contributed by atoms with E-state index in [9.17, 15) is 0 Å². The average molecular weight is 422 g/mol. The minimum absolute atomic E-state index is 0.724. The van der Waals surface area contributed by atoms with Gasteiger partial charge in [-0.05, 0) is 31.2 Å². The molecule has 5 aromatic rings. The number of pyridine rings is 1. The standard InChI is InChI=1S/C25H19N5S/c1-17-27-22(18-6-3-2-4-7-18)15-24(28-17)29-21-9-5-8-20(14-21)23-16-31-25(30-23)19-10-12-26-13-11-19/h2-16H,1H3,(H,27,28,29). The first-order chi connectivity index (χ1) is 15.2. The first-order valence-electron chi connectivity index (χ1n) is 9.89. The molecule has 0 amide bonds. The maximum atomic E-state index is 4.80. The summed E-state index contributed by atoms with van der Waals surface area (Å²) in [6, 6.07) is 24.3. The van der Waals surface area contributed by atoms with E-state index in [1.165, 1.54) is 0 Å². The average Bonchev–Trinajstić information content (AvgIpc) is 3.31. The van der Waals surface area contributed by atoms with Crippen LogP contribution in [-0.2, 0) is 0 Å². The highest BCUT2D eigenvalue weighted by Gasteiger charge is 2.09. The summed E-state index contributed by atoms with van der Waals surface area (Å²) in [5.41, 5.74) is 5.99. The van der Waals surface area contributed by atoms with Crippen molar-refractivity contribution < 1.29 is 0 Å². The van der Waals surface area contributed by atoms with Gasteiger partial charge in [0, 0.05) is 46.2 Å². The molecule has 31 heavy (non-hydrogen) atoms. The number of aryl methyl sites for hydroxylation is 1. The molecule has 3 aromatic heterocycles. The number of nitrogens with zero attached hydrogens (tertiary/aromatic N) is 4. The number of rotatable bonds is 5. The van der Waals surface area contributed by atoms with Crippen LogP contribution in [0, 0.1) is 6.92 Å². The molecule has 0 radical (unpaired) electrons. The van der Waals surface area contributed by atoms with Crippen molar-refractivity contribution in [2.24, 2.45) is 0 Å². The number of anilines is 2. The van der Waals surface area contributed by atoms with Gasteiger partial charge in [-0.3, -0.25) is 4.98 Å². The number of hydrogen-bond acceptors (Lipinski definition) is 6. The number of thiazole rings is 1. The SMILES string of the molecule is Cc1nc(Nc2cccc(-c3csc(-c4ccncc4)n3)c2)cc(-c2ccccc2)n1. The number of aromatic nitrogens is 4. The maximum absolute atomic E-state index is 4.80. The van der Waals surface area contributed by atoms with Gasteiger partial charge in [0.05, 0.1) is 11.4 Å². The van der Waals surface area contributed by atoms with Crippen LogP contribution >= 0.6 is 11.3 Å². The molecule has 0 fully saturated rings. The lowest BCUT2D eigenvalue weighted by Crippen LogP contribution is -1.99. The Balaban J connectivity index is 1.42. The lowest BCUT2D eigenvalue weighted by atomic mass is 10.1. The van der Waals surface area contributed by atoms with E-state index < -0.39 is 0 Å². The van der Waals surface area contributed by atoms with Crippen molar-refractivity contribution in [3.05, 3.63) is 96.4 Å². The second-order valence-corrected chi connectivity index (χ2v) is 7.89. The summed E-state index contributed by atoms with van der Waals surface area (Å²) < 4.78 is 0. The van der Waals surface area contributed by atoms with E-state index >= 15 is 0 Å². The molecule has 0 atom stereocenters. The first kappa shape index (κ1) is 19.1. The van der Waals surface area contributed by atoms with Crippen molar-refractivity contribution in [3.63, 3.8) is 0 Å². The van der Waals surface area contributed by atoms with Crippen molar-refractivity contribution in [2.75, 3.05) is 5.32 Å². The van der Waals surface area contributed by atoms with Gasteiger partial charge in [-0.15, -0.1) is 11.3 Å². The first-order valence-corrected chi connectivity index (χ1v) is 10.8. The molecule has 5 rings (SSSR count). The van der Waals surface area contributed by atoms with Crippen molar-refractivity contribution in [2.45, 2.75) is 6.92 Å². The molecule has 5 nitrogen and oxygen atoms in total. The van der Waals surface area contributed by atoms with Gasteiger partial charge in [0.1, 0.15) is 16.6 Å². The van der Waals surface area contributed by atoms with Crippen molar-refractivity contribution in [1.29, 1.82) is 0 Å². The fraction of sp³-hybridized carbons (Fsp3) is 0.0400. The van der Waals surface area contributed by atoms with Crippen LogP contribution in [0.5, 0.6) is 0 Å². The van der Waals surface area contributed by atoms with Gasteiger partial charge in [-0.2, -0.15) is 0 Å². The van der Waals surface area contributed by atoms with E-state index in [-0.39, 0.29) is 0 Å². The van der Waals surface area contributed by atoms with Gasteiger partial charge in [0.2, 0.25) is 0 Å². The molecular formula is C25H19N5S. The molecule has 0 spiro atoms. The summed E-state index contributed by atoms with van der Waals surface area (Å²) in [5, 5.41) is 6.48. The van der Waals surface area contributed by atoms with Gasteiger partial charge in [-0.1, -0.05) is 42.5 Å². The van der Waals surface area contributed by atoms with Crippen molar-refractivity contribution in [3.8, 4) is 33.1 Å². The third kappa shape index (κ3) is 4.34. The molecule has 2 aromatic carbocycles. The van der Waals surface area contributed by atoms with Gasteiger partial charge < -0.3 is 5.32 Å². The van der Waals surface area contributed by atoms with Crippen LogP contribution < -0.4 is 5.32 Å². The molecule has 0 bridgehead atoms. The third-order valence-corrected chi connectivity index (χ3v) is 5.66. The van der Waals surface area contributed by atoms with Gasteiger partial charge >= 0.3 is 0 Å². The molecule has 0 aliphatic carbocycles. The number of nitrogens with one attached hydrogen (secondary N) is 1. The van der Waals surface area contributed by atoms with Crippen LogP contribution in [0.3, 0.4) is 0 Å². The number of benzene rings is 2. The van der Waals surface area contributed by atoms with Crippen LogP contribution in [0.2, 0.25) is 0 Å². The quantitative estimate of drug-likeness (QED) is 0.357. The Morgan fingerprint density at radius 1 is 0.710 bits per heavy atom. The summed E-state index contributed by atoms with van der Waals surface area (Å²) in [6.45, 7) is 1.91. The molecule has 0 unspecified atom stereocenters. The Hall–Kier alpha value is -3.90. The van der Waals surface area contributed by atoms with Crippen LogP contribution in [-0.4, -0.2) is 19.9 Å². The Morgan fingerprint density at radius 3 is 2.35 bits per heavy atom. The second-order valence-electron chi connectivity index (χ2n) is 7.03. The summed E-state index contributed by atoms with van der Waals surface area (Å²) >= 11 is 1.63. The highest BCUT2D eigenvalue weighted by Crippen LogP contribution is 2.30. The van der Waals surface area contributed by atoms with E-state index in [0.29, 0.717) is 0 Å². The molecular weight excluding hydrogens is 402 g/mol. The lowest BCUT2D eigenvalue weighted by Gasteiger charge is -2.10. The molecule has 1 N–H and O–H groups in total. The molecule has 0 saturated carbocycles. The van der Waals surface area contributed by atoms with Crippen LogP contribution in [0.25, 0.3) is 33.1 Å². The Morgan fingerprint density at radius 2 is 1.52 bits per heavy atom. The van der Waals surface area contributed by atoms with E-state index in [1.54, 1.807) is 23.7 Å². The Bertz CT molecular complexity index is 1320. The van der Waals surface area contributed by atoms with Crippen LogP contribution in [0.4, 0.5) is 11.5 Å². The van der Waals surface area contributed by atoms with Gasteiger partial charge in [0.15, 0.2) is 0 Å². The molecule has 0 saturated heterocycles. The molecule has 6 heteroatoms. The normalized spacial score (nSPS) is 10.7. The summed E-state index contributed by atoms with van der Waals surface area (Å²) in [4.78, 5) is 18.0. The summed E-state index contributed by atoms with van der Waals surface area (Å²) in [7, 11) is 0.